The molecule has 0 unspecified atom stereocenters. The van der Waals surface area contributed by atoms with E-state index in [9.17, 15) is 20.2 Å². The monoisotopic (exact) mass is 385 g/mol. The lowest BCUT2D eigenvalue weighted by Crippen LogP contribution is -2.47. The predicted octanol–water partition coefficient (Wildman–Crippen LogP) is 2.73. The first-order valence-corrected chi connectivity index (χ1v) is 9.18. The first kappa shape index (κ1) is 19.7. The highest BCUT2D eigenvalue weighted by atomic mass is 16.6. The molecule has 0 bridgehead atoms. The fraction of sp³-hybridized carbons (Fsp3) is 0.368. The van der Waals surface area contributed by atoms with Crippen molar-refractivity contribution in [3.63, 3.8) is 0 Å². The molecule has 3 rings (SSSR count). The number of nitro groups is 2. The first-order valence-electron chi connectivity index (χ1n) is 9.18. The van der Waals surface area contributed by atoms with E-state index in [1.165, 1.54) is 17.7 Å². The summed E-state index contributed by atoms with van der Waals surface area (Å²) in [7, 11) is 0. The fourth-order valence-corrected chi connectivity index (χ4v) is 3.30. The number of nitro benzene ring substituents is 2. The highest BCUT2D eigenvalue weighted by molar-refractivity contribution is 5.65. The molecule has 0 amide bonds. The van der Waals surface area contributed by atoms with Gasteiger partial charge in [0.25, 0.3) is 11.4 Å². The van der Waals surface area contributed by atoms with Gasteiger partial charge in [-0.2, -0.15) is 0 Å². The lowest BCUT2D eigenvalue weighted by atomic mass is 10.2. The van der Waals surface area contributed by atoms with Crippen molar-refractivity contribution in [2.45, 2.75) is 6.54 Å². The average molecular weight is 385 g/mol. The van der Waals surface area contributed by atoms with Crippen LogP contribution in [0.25, 0.3) is 0 Å². The molecule has 0 aliphatic carbocycles. The van der Waals surface area contributed by atoms with Crippen molar-refractivity contribution in [2.24, 2.45) is 0 Å². The molecule has 0 atom stereocenters. The summed E-state index contributed by atoms with van der Waals surface area (Å²) in [4.78, 5) is 25.5. The minimum atomic E-state index is -0.633. The van der Waals surface area contributed by atoms with E-state index in [-0.39, 0.29) is 11.4 Å². The van der Waals surface area contributed by atoms with Crippen LogP contribution in [0.3, 0.4) is 0 Å². The Bertz CT molecular complexity index is 822. The molecule has 2 aromatic carbocycles. The van der Waals surface area contributed by atoms with Crippen molar-refractivity contribution < 1.29 is 9.85 Å². The molecule has 1 saturated heterocycles. The number of nitrogens with one attached hydrogen (secondary N) is 1. The van der Waals surface area contributed by atoms with Gasteiger partial charge in [-0.05, 0) is 11.6 Å². The lowest BCUT2D eigenvalue weighted by molar-refractivity contribution is -0.393. The first-order chi connectivity index (χ1) is 13.5. The van der Waals surface area contributed by atoms with Crippen LogP contribution in [-0.2, 0) is 6.54 Å². The van der Waals surface area contributed by atoms with Gasteiger partial charge in [0, 0.05) is 51.9 Å². The van der Waals surface area contributed by atoms with Gasteiger partial charge in [0.1, 0.15) is 5.69 Å². The lowest BCUT2D eigenvalue weighted by Gasteiger charge is -2.34. The molecular formula is C19H23N5O4. The topological polar surface area (TPSA) is 105 Å². The molecule has 1 fully saturated rings. The maximum atomic E-state index is 11.2. The molecular weight excluding hydrogens is 362 g/mol. The van der Waals surface area contributed by atoms with Crippen molar-refractivity contribution in [2.75, 3.05) is 44.6 Å². The maximum Gasteiger partial charge on any atom is 0.299 e. The van der Waals surface area contributed by atoms with Crippen LogP contribution in [0.4, 0.5) is 17.1 Å². The third-order valence-electron chi connectivity index (χ3n) is 4.85. The Morgan fingerprint density at radius 2 is 1.57 bits per heavy atom. The summed E-state index contributed by atoms with van der Waals surface area (Å²) in [6.07, 6.45) is 0. The second-order valence-electron chi connectivity index (χ2n) is 6.75. The summed E-state index contributed by atoms with van der Waals surface area (Å²) in [6.45, 7) is 6.08. The minimum absolute atomic E-state index is 0.276. The normalized spacial score (nSPS) is 15.3. The van der Waals surface area contributed by atoms with Gasteiger partial charge in [-0.15, -0.1) is 0 Å². The average Bonchev–Trinajstić information content (AvgIpc) is 2.70. The Morgan fingerprint density at radius 1 is 0.893 bits per heavy atom. The third kappa shape index (κ3) is 5.24. The zero-order valence-electron chi connectivity index (χ0n) is 15.5. The molecule has 1 aliphatic rings. The van der Waals surface area contributed by atoms with Crippen LogP contribution >= 0.6 is 0 Å². The van der Waals surface area contributed by atoms with E-state index < -0.39 is 9.85 Å². The number of anilines is 1. The number of rotatable bonds is 8. The SMILES string of the molecule is O=[N+]([O-])c1ccc(NCCN2CCN(Cc3ccccc3)CC2)c([N+](=O)[O-])c1. The molecule has 0 spiro atoms. The summed E-state index contributed by atoms with van der Waals surface area (Å²) >= 11 is 0. The van der Waals surface area contributed by atoms with Crippen LogP contribution in [0.5, 0.6) is 0 Å². The molecule has 0 saturated carbocycles. The number of non-ortho nitro benzene ring substituents is 1. The molecule has 1 aliphatic heterocycles. The Morgan fingerprint density at radius 3 is 2.21 bits per heavy atom. The second-order valence-corrected chi connectivity index (χ2v) is 6.75. The molecule has 9 nitrogen and oxygen atoms in total. The van der Waals surface area contributed by atoms with Crippen molar-refractivity contribution >= 4 is 17.1 Å². The molecule has 28 heavy (non-hydrogen) atoms. The predicted molar refractivity (Wildman–Crippen MR) is 106 cm³/mol. The van der Waals surface area contributed by atoms with Crippen LogP contribution in [0, 0.1) is 20.2 Å². The van der Waals surface area contributed by atoms with Crippen LogP contribution in [-0.4, -0.2) is 58.9 Å². The van der Waals surface area contributed by atoms with E-state index in [1.807, 2.05) is 6.07 Å². The van der Waals surface area contributed by atoms with E-state index in [4.69, 9.17) is 0 Å². The molecule has 1 heterocycles. The zero-order valence-corrected chi connectivity index (χ0v) is 15.5. The largest absolute Gasteiger partial charge is 0.378 e. The maximum absolute atomic E-state index is 11.2. The van der Waals surface area contributed by atoms with Crippen LogP contribution < -0.4 is 5.32 Å². The van der Waals surface area contributed by atoms with Gasteiger partial charge in [-0.1, -0.05) is 30.3 Å². The van der Waals surface area contributed by atoms with E-state index in [1.54, 1.807) is 0 Å². The van der Waals surface area contributed by atoms with Gasteiger partial charge < -0.3 is 5.32 Å². The van der Waals surface area contributed by atoms with Crippen molar-refractivity contribution in [1.29, 1.82) is 0 Å². The van der Waals surface area contributed by atoms with Crippen LogP contribution in [0.15, 0.2) is 48.5 Å². The van der Waals surface area contributed by atoms with Gasteiger partial charge >= 0.3 is 0 Å². The summed E-state index contributed by atoms with van der Waals surface area (Å²) < 4.78 is 0. The highest BCUT2D eigenvalue weighted by Crippen LogP contribution is 2.28. The summed E-state index contributed by atoms with van der Waals surface area (Å²) in [5.41, 5.74) is 1.05. The molecule has 2 aromatic rings. The standard InChI is InChI=1S/C19H23N5O4/c25-23(26)17-6-7-18(19(14-17)24(27)28)20-8-9-21-10-12-22(13-11-21)15-16-4-2-1-3-5-16/h1-7,14,20H,8-13,15H2. The third-order valence-corrected chi connectivity index (χ3v) is 4.85. The van der Waals surface area contributed by atoms with Gasteiger partial charge in [0.15, 0.2) is 0 Å². The quantitative estimate of drug-likeness (QED) is 0.550. The van der Waals surface area contributed by atoms with E-state index in [0.717, 1.165) is 45.3 Å². The number of nitrogens with zero attached hydrogens (tertiary/aromatic N) is 4. The zero-order chi connectivity index (χ0) is 19.9. The van der Waals surface area contributed by atoms with Crippen LogP contribution in [0.2, 0.25) is 0 Å². The van der Waals surface area contributed by atoms with Gasteiger partial charge in [0.2, 0.25) is 0 Å². The van der Waals surface area contributed by atoms with Crippen molar-refractivity contribution in [3.05, 3.63) is 74.3 Å². The van der Waals surface area contributed by atoms with Crippen molar-refractivity contribution in [1.82, 2.24) is 9.80 Å². The van der Waals surface area contributed by atoms with Gasteiger partial charge in [-0.3, -0.25) is 30.0 Å². The molecule has 0 radical (unpaired) electrons. The Balaban J connectivity index is 1.46. The number of benzene rings is 2. The summed E-state index contributed by atoms with van der Waals surface area (Å²) in [5.74, 6) is 0. The number of piperazine rings is 1. The van der Waals surface area contributed by atoms with Gasteiger partial charge in [-0.25, -0.2) is 0 Å². The molecule has 9 heteroatoms. The van der Waals surface area contributed by atoms with E-state index in [2.05, 4.69) is 39.4 Å². The number of hydrogen-bond acceptors (Lipinski definition) is 7. The van der Waals surface area contributed by atoms with Crippen molar-refractivity contribution in [3.8, 4) is 0 Å². The summed E-state index contributed by atoms with van der Waals surface area (Å²) in [5, 5.41) is 25.0. The van der Waals surface area contributed by atoms with Crippen LogP contribution in [0.1, 0.15) is 5.56 Å². The highest BCUT2D eigenvalue weighted by Gasteiger charge is 2.20. The van der Waals surface area contributed by atoms with Gasteiger partial charge in [0.05, 0.1) is 15.9 Å². The fourth-order valence-electron chi connectivity index (χ4n) is 3.30. The minimum Gasteiger partial charge on any atom is -0.378 e. The molecule has 148 valence electrons. The van der Waals surface area contributed by atoms with E-state index >= 15 is 0 Å². The van der Waals surface area contributed by atoms with E-state index in [0.29, 0.717) is 12.2 Å². The number of hydrogen-bond donors (Lipinski definition) is 1. The Labute approximate surface area is 162 Å². The Kier molecular flexibility index (Phi) is 6.51. The smallest absolute Gasteiger partial charge is 0.299 e. The molecule has 1 N–H and O–H groups in total. The molecule has 0 aromatic heterocycles. The Hall–Kier alpha value is -3.04. The second kappa shape index (κ2) is 9.25. The summed E-state index contributed by atoms with van der Waals surface area (Å²) in [6, 6.07) is 14.0.